The quantitative estimate of drug-likeness (QED) is 0.570. The van der Waals surface area contributed by atoms with Crippen LogP contribution in [0.15, 0.2) is 0 Å². The third kappa shape index (κ3) is 3.63. The number of carbonyl (C=O) groups is 2. The Hall–Kier alpha value is -1.21. The molecule has 1 aliphatic rings. The Morgan fingerprint density at radius 1 is 1.42 bits per heavy atom. The molecule has 6 nitrogen and oxygen atoms in total. The molecule has 0 aromatic rings. The number of nitrogens with two attached hydrogens (primary N) is 1. The first-order valence-electron chi connectivity index (χ1n) is 6.23. The van der Waals surface area contributed by atoms with E-state index in [0.717, 1.165) is 0 Å². The summed E-state index contributed by atoms with van der Waals surface area (Å²) in [5.41, 5.74) is 4.85. The number of amides is 1. The summed E-state index contributed by atoms with van der Waals surface area (Å²) in [7, 11) is 1.55. The molecule has 108 valence electrons. The van der Waals surface area contributed by atoms with Crippen LogP contribution < -0.4 is 5.73 Å². The maximum atomic E-state index is 12.5. The fraction of sp³-hybridized carbons (Fsp3) is 0.750. The maximum absolute atomic E-state index is 12.5. The summed E-state index contributed by atoms with van der Waals surface area (Å²) in [6.45, 7) is 2.79. The van der Waals surface area contributed by atoms with Crippen molar-refractivity contribution in [2.45, 2.75) is 19.8 Å². The van der Waals surface area contributed by atoms with Gasteiger partial charge in [0.05, 0.1) is 11.6 Å². The molecule has 0 saturated carbocycles. The molecule has 1 rings (SSSR count). The van der Waals surface area contributed by atoms with Crippen molar-refractivity contribution >= 4 is 29.1 Å². The van der Waals surface area contributed by atoms with Gasteiger partial charge in [-0.1, -0.05) is 12.2 Å². The first-order chi connectivity index (χ1) is 8.94. The van der Waals surface area contributed by atoms with Gasteiger partial charge in [-0.15, -0.1) is 0 Å². The van der Waals surface area contributed by atoms with Gasteiger partial charge in [0, 0.05) is 20.3 Å². The zero-order chi connectivity index (χ0) is 14.5. The lowest BCUT2D eigenvalue weighted by molar-refractivity contribution is -0.151. The molecule has 1 heterocycles. The van der Waals surface area contributed by atoms with Crippen LogP contribution in [0.5, 0.6) is 0 Å². The van der Waals surface area contributed by atoms with Crippen LogP contribution in [0.1, 0.15) is 19.8 Å². The van der Waals surface area contributed by atoms with Gasteiger partial charge in [0.25, 0.3) is 0 Å². The minimum absolute atomic E-state index is 0.0993. The number of ether oxygens (including phenoxy) is 2. The van der Waals surface area contributed by atoms with Crippen molar-refractivity contribution in [2.75, 3.05) is 33.4 Å². The molecule has 2 N–H and O–H groups in total. The van der Waals surface area contributed by atoms with Gasteiger partial charge in [-0.3, -0.25) is 9.59 Å². The Labute approximate surface area is 118 Å². The number of hydrogen-bond acceptors (Lipinski definition) is 5. The fourth-order valence-corrected chi connectivity index (χ4v) is 2.41. The summed E-state index contributed by atoms with van der Waals surface area (Å²) in [5, 5.41) is 0. The van der Waals surface area contributed by atoms with E-state index in [1.807, 2.05) is 0 Å². The average Bonchev–Trinajstić information content (AvgIpc) is 2.38. The van der Waals surface area contributed by atoms with Crippen molar-refractivity contribution < 1.29 is 19.1 Å². The van der Waals surface area contributed by atoms with Crippen molar-refractivity contribution in [3.05, 3.63) is 0 Å². The predicted octanol–water partition coefficient (Wildman–Crippen LogP) is 0.0908. The Morgan fingerprint density at radius 2 is 2.00 bits per heavy atom. The third-order valence-corrected chi connectivity index (χ3v) is 3.64. The van der Waals surface area contributed by atoms with Crippen molar-refractivity contribution in [2.24, 2.45) is 11.1 Å². The molecule has 0 spiro atoms. The van der Waals surface area contributed by atoms with Crippen molar-refractivity contribution in [1.29, 1.82) is 0 Å². The predicted molar refractivity (Wildman–Crippen MR) is 73.5 cm³/mol. The average molecular weight is 288 g/mol. The molecule has 1 amide bonds. The molecular formula is C12H20N2O4S. The van der Waals surface area contributed by atoms with Crippen LogP contribution >= 0.6 is 12.2 Å². The van der Waals surface area contributed by atoms with Crippen LogP contribution in [0.25, 0.3) is 0 Å². The first kappa shape index (κ1) is 15.8. The number of thiocarbonyl (C=S) groups is 1. The zero-order valence-electron chi connectivity index (χ0n) is 11.3. The van der Waals surface area contributed by atoms with Gasteiger partial charge in [-0.2, -0.15) is 0 Å². The number of esters is 1. The highest BCUT2D eigenvalue weighted by Gasteiger charge is 2.44. The Kier molecular flexibility index (Phi) is 5.68. The van der Waals surface area contributed by atoms with Crippen molar-refractivity contribution in [1.82, 2.24) is 4.90 Å². The number of nitrogens with zero attached hydrogens (tertiary/aromatic N) is 1. The number of carbonyl (C=O) groups excluding carboxylic acids is 2. The van der Waals surface area contributed by atoms with E-state index in [9.17, 15) is 9.59 Å². The largest absolute Gasteiger partial charge is 0.465 e. The second-order valence-corrected chi connectivity index (χ2v) is 4.96. The lowest BCUT2D eigenvalue weighted by Gasteiger charge is -2.37. The second kappa shape index (κ2) is 6.81. The molecule has 0 radical (unpaired) electrons. The highest BCUT2D eigenvalue weighted by molar-refractivity contribution is 7.80. The molecule has 1 saturated heterocycles. The van der Waals surface area contributed by atoms with Crippen LogP contribution in [0.2, 0.25) is 0 Å². The van der Waals surface area contributed by atoms with Crippen molar-refractivity contribution in [3.8, 4) is 0 Å². The highest BCUT2D eigenvalue weighted by atomic mass is 32.1. The number of likely N-dealkylation sites (N-methyl/N-ethyl adjacent to an activating group) is 1. The van der Waals surface area contributed by atoms with E-state index in [4.69, 9.17) is 27.4 Å². The van der Waals surface area contributed by atoms with Gasteiger partial charge < -0.3 is 20.1 Å². The minimum atomic E-state index is -0.894. The van der Waals surface area contributed by atoms with E-state index in [0.29, 0.717) is 26.1 Å². The molecular weight excluding hydrogens is 268 g/mol. The summed E-state index contributed by atoms with van der Waals surface area (Å²) in [6, 6.07) is 0. The standard InChI is InChI=1S/C12H20N2O4S/c1-3-18-9(15)8-14(2)11(16)12(10(13)19)4-6-17-7-5-12/h3-8H2,1-2H3,(H2,13,19). The molecule has 0 unspecified atom stereocenters. The molecule has 0 aromatic heterocycles. The second-order valence-electron chi connectivity index (χ2n) is 4.52. The monoisotopic (exact) mass is 288 g/mol. The van der Waals surface area contributed by atoms with E-state index in [1.54, 1.807) is 14.0 Å². The van der Waals surface area contributed by atoms with E-state index in [1.165, 1.54) is 4.90 Å². The van der Waals surface area contributed by atoms with Gasteiger partial charge in [-0.05, 0) is 19.8 Å². The van der Waals surface area contributed by atoms with Gasteiger partial charge in [-0.25, -0.2) is 0 Å². The van der Waals surface area contributed by atoms with E-state index in [2.05, 4.69) is 0 Å². The molecule has 19 heavy (non-hydrogen) atoms. The van der Waals surface area contributed by atoms with Crippen LogP contribution in [0.3, 0.4) is 0 Å². The molecule has 1 aliphatic heterocycles. The van der Waals surface area contributed by atoms with E-state index < -0.39 is 11.4 Å². The Bertz CT molecular complexity index is 367. The van der Waals surface area contributed by atoms with Crippen LogP contribution in [0, 0.1) is 5.41 Å². The van der Waals surface area contributed by atoms with Crippen LogP contribution in [-0.2, 0) is 19.1 Å². The summed E-state index contributed by atoms with van der Waals surface area (Å²) in [5.74, 6) is -0.681. The summed E-state index contributed by atoms with van der Waals surface area (Å²) >= 11 is 5.05. The molecule has 7 heteroatoms. The minimum Gasteiger partial charge on any atom is -0.465 e. The zero-order valence-corrected chi connectivity index (χ0v) is 12.1. The molecule has 0 bridgehead atoms. The third-order valence-electron chi connectivity index (χ3n) is 3.25. The highest BCUT2D eigenvalue weighted by Crippen LogP contribution is 2.33. The normalized spacial score (nSPS) is 17.6. The first-order valence-corrected chi connectivity index (χ1v) is 6.63. The fourth-order valence-electron chi connectivity index (χ4n) is 2.12. The summed E-state index contributed by atoms with van der Waals surface area (Å²) in [4.78, 5) is 25.4. The van der Waals surface area contributed by atoms with Gasteiger partial charge in [0.15, 0.2) is 0 Å². The Balaban J connectivity index is 2.76. The lowest BCUT2D eigenvalue weighted by atomic mass is 9.78. The smallest absolute Gasteiger partial charge is 0.325 e. The summed E-state index contributed by atoms with van der Waals surface area (Å²) in [6.07, 6.45) is 0.905. The van der Waals surface area contributed by atoms with E-state index in [-0.39, 0.29) is 24.0 Å². The van der Waals surface area contributed by atoms with Gasteiger partial charge in [0.1, 0.15) is 12.0 Å². The van der Waals surface area contributed by atoms with Crippen LogP contribution in [-0.4, -0.2) is 55.2 Å². The van der Waals surface area contributed by atoms with Gasteiger partial charge >= 0.3 is 5.97 Å². The molecule has 0 atom stereocenters. The Morgan fingerprint density at radius 3 is 2.47 bits per heavy atom. The molecule has 0 aliphatic carbocycles. The van der Waals surface area contributed by atoms with Crippen molar-refractivity contribution in [3.63, 3.8) is 0 Å². The number of rotatable bonds is 5. The van der Waals surface area contributed by atoms with Crippen LogP contribution in [0.4, 0.5) is 0 Å². The maximum Gasteiger partial charge on any atom is 0.325 e. The SMILES string of the molecule is CCOC(=O)CN(C)C(=O)C1(C(N)=S)CCOCC1. The summed E-state index contributed by atoms with van der Waals surface area (Å²) < 4.78 is 10.1. The molecule has 1 fully saturated rings. The lowest BCUT2D eigenvalue weighted by Crippen LogP contribution is -2.53. The van der Waals surface area contributed by atoms with E-state index >= 15 is 0 Å². The topological polar surface area (TPSA) is 81.9 Å². The number of hydrogen-bond donors (Lipinski definition) is 1. The van der Waals surface area contributed by atoms with Gasteiger partial charge in [0.2, 0.25) is 5.91 Å². The molecule has 0 aromatic carbocycles.